The highest BCUT2D eigenvalue weighted by molar-refractivity contribution is 7.27. The van der Waals surface area contributed by atoms with E-state index in [9.17, 15) is 9.90 Å². The molecular formula is C28H29N2O3P. The molecule has 174 valence electrons. The monoisotopic (exact) mass is 472 g/mol. The molecule has 0 saturated carbocycles. The van der Waals surface area contributed by atoms with Gasteiger partial charge in [0.2, 0.25) is 0 Å². The Kier molecular flexibility index (Phi) is 7.14. The molecule has 1 unspecified atom stereocenters. The predicted octanol–water partition coefficient (Wildman–Crippen LogP) is 5.12. The number of aryl methyl sites for hydroxylation is 2. The van der Waals surface area contributed by atoms with Gasteiger partial charge in [0.05, 0.1) is 22.9 Å². The summed E-state index contributed by atoms with van der Waals surface area (Å²) in [6.07, 6.45) is 0.740. The second-order valence-electron chi connectivity index (χ2n) is 8.52. The van der Waals surface area contributed by atoms with Crippen LogP contribution in [0.3, 0.4) is 0 Å². The van der Waals surface area contributed by atoms with Crippen LogP contribution < -0.4 is 15.6 Å². The molecule has 0 aliphatic carbocycles. The van der Waals surface area contributed by atoms with Gasteiger partial charge in [-0.25, -0.2) is 4.98 Å². The number of benzene rings is 3. The second kappa shape index (κ2) is 10.2. The summed E-state index contributed by atoms with van der Waals surface area (Å²) in [6.45, 7) is 6.23. The standard InChI is InChI=1S/C28H29N2O3P/c1-18(2)33-22-14-12-21(13-15-22)25-19(3)29-27(23-10-7-11-24(34)26(23)31)30(28(25)32)17-16-20-8-5-4-6-9-20/h4-15,18,31H,16-17,34H2,1-3H3. The Morgan fingerprint density at radius 1 is 1.00 bits per heavy atom. The average molecular weight is 473 g/mol. The number of ether oxygens (including phenoxy) is 1. The lowest BCUT2D eigenvalue weighted by Gasteiger charge is -2.18. The van der Waals surface area contributed by atoms with Gasteiger partial charge in [-0.3, -0.25) is 9.36 Å². The number of phenols is 1. The highest BCUT2D eigenvalue weighted by Gasteiger charge is 2.19. The summed E-state index contributed by atoms with van der Waals surface area (Å²) in [4.78, 5) is 18.7. The van der Waals surface area contributed by atoms with Crippen LogP contribution in [0.4, 0.5) is 0 Å². The van der Waals surface area contributed by atoms with Crippen molar-refractivity contribution in [3.8, 4) is 34.0 Å². The van der Waals surface area contributed by atoms with Crippen LogP contribution in [0.2, 0.25) is 0 Å². The first-order valence-electron chi connectivity index (χ1n) is 11.4. The summed E-state index contributed by atoms with van der Waals surface area (Å²) in [5.41, 5.74) is 3.48. The first-order chi connectivity index (χ1) is 16.3. The molecule has 0 bridgehead atoms. The lowest BCUT2D eigenvalue weighted by Crippen LogP contribution is -2.27. The minimum atomic E-state index is -0.135. The van der Waals surface area contributed by atoms with Crippen LogP contribution in [0.25, 0.3) is 22.5 Å². The second-order valence-corrected chi connectivity index (χ2v) is 9.14. The largest absolute Gasteiger partial charge is 0.507 e. The van der Waals surface area contributed by atoms with Gasteiger partial charge in [-0.2, -0.15) is 0 Å². The van der Waals surface area contributed by atoms with E-state index in [0.717, 1.165) is 16.9 Å². The molecule has 1 aromatic heterocycles. The summed E-state index contributed by atoms with van der Waals surface area (Å²) in [5, 5.41) is 11.4. The SMILES string of the molecule is Cc1nc(-c2cccc(P)c2O)n(CCc2ccccc2)c(=O)c1-c1ccc(OC(C)C)cc1. The smallest absolute Gasteiger partial charge is 0.261 e. The average Bonchev–Trinajstić information content (AvgIpc) is 2.81. The van der Waals surface area contributed by atoms with Crippen molar-refractivity contribution in [2.24, 2.45) is 0 Å². The van der Waals surface area contributed by atoms with Crippen molar-refractivity contribution in [1.29, 1.82) is 0 Å². The van der Waals surface area contributed by atoms with E-state index >= 15 is 0 Å². The summed E-state index contributed by atoms with van der Waals surface area (Å²) >= 11 is 0. The Balaban J connectivity index is 1.84. The summed E-state index contributed by atoms with van der Waals surface area (Å²) in [7, 11) is 2.52. The maximum absolute atomic E-state index is 13.9. The highest BCUT2D eigenvalue weighted by Crippen LogP contribution is 2.29. The zero-order valence-electron chi connectivity index (χ0n) is 19.7. The molecule has 0 amide bonds. The van der Waals surface area contributed by atoms with Crippen LogP contribution >= 0.6 is 9.24 Å². The van der Waals surface area contributed by atoms with Gasteiger partial charge in [0.1, 0.15) is 17.3 Å². The number of phenolic OH excluding ortho intramolecular Hbond substituents is 1. The van der Waals surface area contributed by atoms with Crippen molar-refractivity contribution in [2.45, 2.75) is 39.8 Å². The molecule has 1 atom stereocenters. The lowest BCUT2D eigenvalue weighted by atomic mass is 10.0. The van der Waals surface area contributed by atoms with Gasteiger partial charge in [0, 0.05) is 11.8 Å². The summed E-state index contributed by atoms with van der Waals surface area (Å²) < 4.78 is 7.42. The van der Waals surface area contributed by atoms with Crippen molar-refractivity contribution in [3.05, 3.63) is 94.4 Å². The van der Waals surface area contributed by atoms with E-state index in [-0.39, 0.29) is 17.4 Å². The van der Waals surface area contributed by atoms with E-state index in [1.165, 1.54) is 0 Å². The number of aromatic hydroxyl groups is 1. The molecule has 3 aromatic carbocycles. The Bertz CT molecular complexity index is 1350. The fraction of sp³-hybridized carbons (Fsp3) is 0.214. The quantitative estimate of drug-likeness (QED) is 0.379. The molecule has 0 radical (unpaired) electrons. The fourth-order valence-electron chi connectivity index (χ4n) is 4.01. The summed E-state index contributed by atoms with van der Waals surface area (Å²) in [5.74, 6) is 1.33. The van der Waals surface area contributed by atoms with Crippen LogP contribution in [0.15, 0.2) is 77.6 Å². The van der Waals surface area contributed by atoms with Gasteiger partial charge in [0.25, 0.3) is 5.56 Å². The molecule has 4 rings (SSSR count). The van der Waals surface area contributed by atoms with Gasteiger partial charge in [-0.1, -0.05) is 54.6 Å². The number of hydrogen-bond acceptors (Lipinski definition) is 4. The van der Waals surface area contributed by atoms with Gasteiger partial charge in [-0.15, -0.1) is 9.24 Å². The minimum Gasteiger partial charge on any atom is -0.507 e. The highest BCUT2D eigenvalue weighted by atomic mass is 31.0. The molecule has 0 aliphatic rings. The number of rotatable bonds is 7. The van der Waals surface area contributed by atoms with E-state index < -0.39 is 0 Å². The van der Waals surface area contributed by atoms with E-state index in [4.69, 9.17) is 9.72 Å². The van der Waals surface area contributed by atoms with Crippen molar-refractivity contribution < 1.29 is 9.84 Å². The van der Waals surface area contributed by atoms with E-state index in [1.54, 1.807) is 16.7 Å². The lowest BCUT2D eigenvalue weighted by molar-refractivity contribution is 0.242. The molecule has 1 heterocycles. The van der Waals surface area contributed by atoms with Crippen molar-refractivity contribution >= 4 is 14.5 Å². The van der Waals surface area contributed by atoms with Crippen molar-refractivity contribution in [1.82, 2.24) is 9.55 Å². The van der Waals surface area contributed by atoms with Crippen LogP contribution in [0.5, 0.6) is 11.5 Å². The van der Waals surface area contributed by atoms with Gasteiger partial charge < -0.3 is 9.84 Å². The third-order valence-corrected chi connectivity index (χ3v) is 6.11. The molecule has 0 fully saturated rings. The third kappa shape index (κ3) is 5.05. The summed E-state index contributed by atoms with van der Waals surface area (Å²) in [6, 6.07) is 23.0. The fourth-order valence-corrected chi connectivity index (χ4v) is 4.27. The maximum atomic E-state index is 13.9. The normalized spacial score (nSPS) is 11.1. The van der Waals surface area contributed by atoms with Crippen LogP contribution in [-0.2, 0) is 13.0 Å². The number of hydrogen-bond donors (Lipinski definition) is 1. The maximum Gasteiger partial charge on any atom is 0.261 e. The molecular weight excluding hydrogens is 443 g/mol. The van der Waals surface area contributed by atoms with Gasteiger partial charge >= 0.3 is 0 Å². The Hall–Kier alpha value is -3.43. The van der Waals surface area contributed by atoms with Crippen molar-refractivity contribution in [3.63, 3.8) is 0 Å². The molecule has 0 aliphatic heterocycles. The minimum absolute atomic E-state index is 0.0731. The van der Waals surface area contributed by atoms with Gasteiger partial charge in [-0.05, 0) is 56.5 Å². The molecule has 0 spiro atoms. The number of nitrogens with zero attached hydrogens (tertiary/aromatic N) is 2. The van der Waals surface area contributed by atoms with E-state index in [1.807, 2.05) is 81.4 Å². The Morgan fingerprint density at radius 2 is 1.71 bits per heavy atom. The Morgan fingerprint density at radius 3 is 2.38 bits per heavy atom. The molecule has 1 N–H and O–H groups in total. The first-order valence-corrected chi connectivity index (χ1v) is 11.9. The molecule has 5 nitrogen and oxygen atoms in total. The molecule has 0 saturated heterocycles. The zero-order chi connectivity index (χ0) is 24.2. The van der Waals surface area contributed by atoms with Crippen LogP contribution in [0.1, 0.15) is 25.1 Å². The predicted molar refractivity (Wildman–Crippen MR) is 141 cm³/mol. The third-order valence-electron chi connectivity index (χ3n) is 5.64. The van der Waals surface area contributed by atoms with E-state index in [0.29, 0.717) is 40.9 Å². The first kappa shape index (κ1) is 23.7. The topological polar surface area (TPSA) is 64.4 Å². The van der Waals surface area contributed by atoms with Crippen LogP contribution in [-0.4, -0.2) is 20.8 Å². The van der Waals surface area contributed by atoms with Crippen molar-refractivity contribution in [2.75, 3.05) is 0 Å². The van der Waals surface area contributed by atoms with E-state index in [2.05, 4.69) is 9.24 Å². The molecule has 6 heteroatoms. The molecule has 34 heavy (non-hydrogen) atoms. The Labute approximate surface area is 202 Å². The van der Waals surface area contributed by atoms with Gasteiger partial charge in [0.15, 0.2) is 0 Å². The number of aromatic nitrogens is 2. The molecule has 4 aromatic rings. The van der Waals surface area contributed by atoms with Crippen LogP contribution in [0, 0.1) is 6.92 Å². The number of para-hydroxylation sites is 1. The zero-order valence-corrected chi connectivity index (χ0v) is 20.8.